The van der Waals surface area contributed by atoms with Crippen molar-refractivity contribution in [2.45, 2.75) is 50.5 Å². The largest absolute Gasteiger partial charge is 0.382 e. The van der Waals surface area contributed by atoms with Gasteiger partial charge >= 0.3 is 0 Å². The van der Waals surface area contributed by atoms with Crippen molar-refractivity contribution in [2.24, 2.45) is 10.6 Å². The van der Waals surface area contributed by atoms with Crippen LogP contribution < -0.4 is 10.5 Å². The summed E-state index contributed by atoms with van der Waals surface area (Å²) in [5.74, 6) is 0. The molecule has 0 saturated heterocycles. The van der Waals surface area contributed by atoms with Crippen LogP contribution in [-0.2, 0) is 10.0 Å². The third kappa shape index (κ3) is 3.48. The van der Waals surface area contributed by atoms with Crippen molar-refractivity contribution in [2.75, 3.05) is 5.32 Å². The van der Waals surface area contributed by atoms with E-state index < -0.39 is 10.0 Å². The summed E-state index contributed by atoms with van der Waals surface area (Å²) in [6, 6.07) is 7.11. The highest BCUT2D eigenvalue weighted by atomic mass is 32.2. The van der Waals surface area contributed by atoms with E-state index in [-0.39, 0.29) is 10.3 Å². The second-order valence-electron chi connectivity index (χ2n) is 6.00. The maximum Gasteiger partial charge on any atom is 0.238 e. The maximum atomic E-state index is 11.4. The maximum absolute atomic E-state index is 11.4. The Labute approximate surface area is 115 Å². The summed E-state index contributed by atoms with van der Waals surface area (Å²) in [4.78, 5) is 0.158. The molecule has 0 aromatic heterocycles. The lowest BCUT2D eigenvalue weighted by molar-refractivity contribution is 0.217. The van der Waals surface area contributed by atoms with Gasteiger partial charge in [-0.05, 0) is 36.5 Å². The Balaban J connectivity index is 2.19. The highest BCUT2D eigenvalue weighted by Crippen LogP contribution is 2.37. The monoisotopic (exact) mass is 282 g/mol. The van der Waals surface area contributed by atoms with Crippen molar-refractivity contribution in [3.8, 4) is 0 Å². The van der Waals surface area contributed by atoms with Crippen LogP contribution >= 0.6 is 0 Å². The van der Waals surface area contributed by atoms with Gasteiger partial charge in [0.15, 0.2) is 0 Å². The van der Waals surface area contributed by atoms with Crippen LogP contribution in [0.5, 0.6) is 0 Å². The number of sulfonamides is 1. The fraction of sp³-hybridized carbons (Fsp3) is 0.571. The molecule has 19 heavy (non-hydrogen) atoms. The van der Waals surface area contributed by atoms with Crippen molar-refractivity contribution in [1.29, 1.82) is 0 Å². The topological polar surface area (TPSA) is 72.2 Å². The molecule has 0 spiro atoms. The molecular formula is C14H22N2O2S. The third-order valence-corrected chi connectivity index (χ3v) is 4.92. The molecule has 1 atom stereocenters. The standard InChI is InChI=1S/C14H22N2O2S/c1-14(2)9-4-3-8-13(14)16-11-6-5-7-12(10-11)19(15,17)18/h5-7,10,13,16H,3-4,8-9H2,1-2H3,(H2,15,17,18). The smallest absolute Gasteiger partial charge is 0.238 e. The first-order chi connectivity index (χ1) is 8.79. The predicted molar refractivity (Wildman–Crippen MR) is 77.5 cm³/mol. The van der Waals surface area contributed by atoms with Crippen molar-refractivity contribution in [3.63, 3.8) is 0 Å². The number of primary sulfonamides is 1. The summed E-state index contributed by atoms with van der Waals surface area (Å²) in [6.07, 6.45) is 4.80. The van der Waals surface area contributed by atoms with E-state index >= 15 is 0 Å². The van der Waals surface area contributed by atoms with Crippen LogP contribution in [0.3, 0.4) is 0 Å². The minimum Gasteiger partial charge on any atom is -0.382 e. The Morgan fingerprint density at radius 3 is 2.68 bits per heavy atom. The van der Waals surface area contributed by atoms with Gasteiger partial charge in [-0.2, -0.15) is 0 Å². The summed E-state index contributed by atoms with van der Waals surface area (Å²) in [5, 5.41) is 8.62. The van der Waals surface area contributed by atoms with Crippen LogP contribution in [0, 0.1) is 5.41 Å². The third-order valence-electron chi connectivity index (χ3n) is 4.01. The molecule has 0 heterocycles. The van der Waals surface area contributed by atoms with Crippen LogP contribution in [0.15, 0.2) is 29.2 Å². The Morgan fingerprint density at radius 1 is 1.32 bits per heavy atom. The zero-order valence-electron chi connectivity index (χ0n) is 11.5. The van der Waals surface area contributed by atoms with Crippen LogP contribution in [0.25, 0.3) is 0 Å². The lowest BCUT2D eigenvalue weighted by Gasteiger charge is -2.39. The second kappa shape index (κ2) is 5.13. The normalized spacial score (nSPS) is 23.0. The first kappa shape index (κ1) is 14.3. The van der Waals surface area contributed by atoms with Crippen LogP contribution in [0.4, 0.5) is 5.69 Å². The fourth-order valence-corrected chi connectivity index (χ4v) is 3.29. The molecule has 1 aliphatic carbocycles. The summed E-state index contributed by atoms with van der Waals surface area (Å²) >= 11 is 0. The summed E-state index contributed by atoms with van der Waals surface area (Å²) in [6.45, 7) is 4.51. The van der Waals surface area contributed by atoms with Gasteiger partial charge in [0.05, 0.1) is 4.90 Å². The van der Waals surface area contributed by atoms with E-state index in [0.29, 0.717) is 6.04 Å². The molecule has 0 amide bonds. The lowest BCUT2D eigenvalue weighted by Crippen LogP contribution is -2.38. The van der Waals surface area contributed by atoms with E-state index in [1.807, 2.05) is 6.07 Å². The molecule has 1 aliphatic rings. The van der Waals surface area contributed by atoms with E-state index in [1.165, 1.54) is 25.3 Å². The van der Waals surface area contributed by atoms with Gasteiger partial charge in [-0.15, -0.1) is 0 Å². The molecule has 0 aliphatic heterocycles. The number of rotatable bonds is 3. The molecule has 1 fully saturated rings. The number of hydrogen-bond acceptors (Lipinski definition) is 3. The number of benzene rings is 1. The van der Waals surface area contributed by atoms with Gasteiger partial charge in [-0.25, -0.2) is 13.6 Å². The second-order valence-corrected chi connectivity index (χ2v) is 7.57. The van der Waals surface area contributed by atoms with Crippen molar-refractivity contribution in [1.82, 2.24) is 0 Å². The number of anilines is 1. The SMILES string of the molecule is CC1(C)CCCCC1Nc1cccc(S(N)(=O)=O)c1. The van der Waals surface area contributed by atoms with Crippen LogP contribution in [-0.4, -0.2) is 14.5 Å². The molecule has 3 N–H and O–H groups in total. The molecule has 4 nitrogen and oxygen atoms in total. The van der Waals surface area contributed by atoms with E-state index in [2.05, 4.69) is 19.2 Å². The average molecular weight is 282 g/mol. The highest BCUT2D eigenvalue weighted by molar-refractivity contribution is 7.89. The predicted octanol–water partition coefficient (Wildman–Crippen LogP) is 2.71. The van der Waals surface area contributed by atoms with Crippen molar-refractivity contribution >= 4 is 15.7 Å². The first-order valence-corrected chi connectivity index (χ1v) is 8.23. The quantitative estimate of drug-likeness (QED) is 0.895. The first-order valence-electron chi connectivity index (χ1n) is 6.68. The molecular weight excluding hydrogens is 260 g/mol. The van der Waals surface area contributed by atoms with Crippen LogP contribution in [0.1, 0.15) is 39.5 Å². The number of nitrogens with two attached hydrogens (primary N) is 1. The Morgan fingerprint density at radius 2 is 2.05 bits per heavy atom. The van der Waals surface area contributed by atoms with Gasteiger partial charge in [0, 0.05) is 11.7 Å². The molecule has 0 radical (unpaired) electrons. The van der Waals surface area contributed by atoms with Gasteiger partial charge < -0.3 is 5.32 Å². The van der Waals surface area contributed by atoms with Gasteiger partial charge in [0.25, 0.3) is 0 Å². The minimum absolute atomic E-state index is 0.158. The zero-order valence-corrected chi connectivity index (χ0v) is 12.3. The molecule has 1 unspecified atom stereocenters. The van der Waals surface area contributed by atoms with E-state index in [1.54, 1.807) is 12.1 Å². The Bertz CT molecular complexity index is 552. The molecule has 1 aromatic rings. The van der Waals surface area contributed by atoms with E-state index in [9.17, 15) is 8.42 Å². The lowest BCUT2D eigenvalue weighted by atomic mass is 9.73. The zero-order chi connectivity index (χ0) is 14.1. The molecule has 106 valence electrons. The molecule has 2 rings (SSSR count). The Kier molecular flexibility index (Phi) is 3.87. The Hall–Kier alpha value is -1.07. The number of nitrogens with one attached hydrogen (secondary N) is 1. The van der Waals surface area contributed by atoms with Crippen molar-refractivity contribution in [3.05, 3.63) is 24.3 Å². The molecule has 1 saturated carbocycles. The van der Waals surface area contributed by atoms with Crippen molar-refractivity contribution < 1.29 is 8.42 Å². The summed E-state index contributed by atoms with van der Waals surface area (Å²) < 4.78 is 22.7. The minimum atomic E-state index is -3.63. The average Bonchev–Trinajstić information content (AvgIpc) is 2.31. The molecule has 0 bridgehead atoms. The van der Waals surface area contributed by atoms with Gasteiger partial charge in [0.1, 0.15) is 0 Å². The summed E-state index contributed by atoms with van der Waals surface area (Å²) in [5.41, 5.74) is 1.06. The van der Waals surface area contributed by atoms with Gasteiger partial charge in [-0.1, -0.05) is 32.8 Å². The summed E-state index contributed by atoms with van der Waals surface area (Å²) in [7, 11) is -3.63. The molecule has 1 aromatic carbocycles. The fourth-order valence-electron chi connectivity index (χ4n) is 2.73. The van der Waals surface area contributed by atoms with Gasteiger partial charge in [0.2, 0.25) is 10.0 Å². The van der Waals surface area contributed by atoms with E-state index in [4.69, 9.17) is 5.14 Å². The number of hydrogen-bond donors (Lipinski definition) is 2. The van der Waals surface area contributed by atoms with E-state index in [0.717, 1.165) is 12.1 Å². The highest BCUT2D eigenvalue weighted by Gasteiger charge is 2.32. The van der Waals surface area contributed by atoms with Crippen LogP contribution in [0.2, 0.25) is 0 Å². The molecule has 5 heteroatoms. The van der Waals surface area contributed by atoms with Gasteiger partial charge in [-0.3, -0.25) is 0 Å².